The van der Waals surface area contributed by atoms with Crippen molar-refractivity contribution in [1.82, 2.24) is 9.71 Å². The van der Waals surface area contributed by atoms with Crippen LogP contribution in [0.25, 0.3) is 0 Å². The summed E-state index contributed by atoms with van der Waals surface area (Å²) in [4.78, 5) is 3.97. The van der Waals surface area contributed by atoms with Crippen molar-refractivity contribution in [2.75, 3.05) is 12.4 Å². The maximum atomic E-state index is 11.5. The number of hydrogen-bond acceptors (Lipinski definition) is 5. The number of anilines is 1. The lowest BCUT2D eigenvalue weighted by atomic mass is 10.4. The Morgan fingerprint density at radius 3 is 2.90 bits per heavy atom. The van der Waals surface area contributed by atoms with E-state index in [4.69, 9.17) is 16.0 Å². The Morgan fingerprint density at radius 1 is 1.45 bits per heavy atom. The molecule has 0 saturated carbocycles. The summed E-state index contributed by atoms with van der Waals surface area (Å²) in [7, 11) is -2.24. The molecule has 0 saturated heterocycles. The van der Waals surface area contributed by atoms with Gasteiger partial charge in [-0.3, -0.25) is 0 Å². The van der Waals surface area contributed by atoms with Crippen LogP contribution in [0.2, 0.25) is 5.15 Å². The summed E-state index contributed by atoms with van der Waals surface area (Å²) in [6.45, 7) is 0.289. The molecule has 0 atom stereocenters. The Labute approximate surface area is 129 Å². The molecular formula is C11H11BrClN3O3S. The lowest BCUT2D eigenvalue weighted by Crippen LogP contribution is -2.17. The van der Waals surface area contributed by atoms with Crippen molar-refractivity contribution in [2.24, 2.45) is 0 Å². The molecule has 2 aromatic heterocycles. The Hall–Kier alpha value is -1.09. The third-order valence-electron chi connectivity index (χ3n) is 2.43. The van der Waals surface area contributed by atoms with Gasteiger partial charge in [-0.25, -0.2) is 18.1 Å². The topological polar surface area (TPSA) is 84.2 Å². The minimum Gasteiger partial charge on any atom is -0.446 e. The molecule has 2 heterocycles. The molecule has 20 heavy (non-hydrogen) atoms. The fourth-order valence-electron chi connectivity index (χ4n) is 1.43. The van der Waals surface area contributed by atoms with Crippen LogP contribution < -0.4 is 10.0 Å². The molecule has 0 fully saturated rings. The molecule has 2 rings (SSSR count). The number of rotatable bonds is 5. The predicted molar refractivity (Wildman–Crippen MR) is 79.2 cm³/mol. The van der Waals surface area contributed by atoms with Crippen molar-refractivity contribution in [2.45, 2.75) is 11.6 Å². The first-order chi connectivity index (χ1) is 9.42. The van der Waals surface area contributed by atoms with E-state index in [1.54, 1.807) is 18.3 Å². The molecule has 0 aliphatic carbocycles. The Morgan fingerprint density at radius 2 is 2.20 bits per heavy atom. The van der Waals surface area contributed by atoms with Gasteiger partial charge in [0.1, 0.15) is 5.76 Å². The zero-order valence-corrected chi connectivity index (χ0v) is 13.5. The van der Waals surface area contributed by atoms with Crippen molar-refractivity contribution in [3.05, 3.63) is 39.8 Å². The van der Waals surface area contributed by atoms with E-state index in [1.807, 2.05) is 0 Å². The van der Waals surface area contributed by atoms with Gasteiger partial charge in [0, 0.05) is 10.7 Å². The lowest BCUT2D eigenvalue weighted by Gasteiger charge is -2.06. The molecule has 9 heteroatoms. The van der Waals surface area contributed by atoms with Crippen LogP contribution in [-0.2, 0) is 16.6 Å². The van der Waals surface area contributed by atoms with E-state index in [9.17, 15) is 8.42 Å². The fraction of sp³-hybridized carbons (Fsp3) is 0.182. The number of hydrogen-bond donors (Lipinski definition) is 2. The summed E-state index contributed by atoms with van der Waals surface area (Å²) in [5, 5.41) is 3.21. The van der Waals surface area contributed by atoms with Gasteiger partial charge in [-0.1, -0.05) is 11.6 Å². The largest absolute Gasteiger partial charge is 0.446 e. The van der Waals surface area contributed by atoms with Crippen LogP contribution in [0, 0.1) is 0 Å². The smallest absolute Gasteiger partial charge is 0.273 e. The van der Waals surface area contributed by atoms with Crippen LogP contribution >= 0.6 is 27.5 Å². The van der Waals surface area contributed by atoms with Gasteiger partial charge in [0.15, 0.2) is 5.15 Å². The van der Waals surface area contributed by atoms with Gasteiger partial charge in [0.05, 0.1) is 12.2 Å². The summed E-state index contributed by atoms with van der Waals surface area (Å²) in [6, 6.07) is 4.74. The maximum absolute atomic E-state index is 11.5. The van der Waals surface area contributed by atoms with Crippen LogP contribution in [0.15, 0.2) is 38.4 Å². The normalized spacial score (nSPS) is 11.6. The molecule has 6 nitrogen and oxygen atoms in total. The van der Waals surface area contributed by atoms with Crippen molar-refractivity contribution in [3.63, 3.8) is 0 Å². The SMILES string of the molecule is CNS(=O)(=O)c1ccc(CNc2cc(Br)cnc2Cl)o1. The van der Waals surface area contributed by atoms with Crippen LogP contribution in [0.4, 0.5) is 5.69 Å². The molecule has 0 aliphatic rings. The van der Waals surface area contributed by atoms with Crippen LogP contribution in [0.3, 0.4) is 0 Å². The Kier molecular flexibility index (Phi) is 4.69. The van der Waals surface area contributed by atoms with Crippen molar-refractivity contribution in [1.29, 1.82) is 0 Å². The number of furan rings is 1. The first kappa shape index (κ1) is 15.3. The van der Waals surface area contributed by atoms with Crippen LogP contribution in [0.5, 0.6) is 0 Å². The second kappa shape index (κ2) is 6.13. The summed E-state index contributed by atoms with van der Waals surface area (Å²) in [6.07, 6.45) is 1.58. The standard InChI is InChI=1S/C11H11BrClN3O3S/c1-14-20(17,18)10-3-2-8(19-10)6-15-9-4-7(12)5-16-11(9)13/h2-5,14-15H,6H2,1H3. The maximum Gasteiger partial charge on any atom is 0.273 e. The Balaban J connectivity index is 2.10. The highest BCUT2D eigenvalue weighted by molar-refractivity contribution is 9.10. The van der Waals surface area contributed by atoms with Gasteiger partial charge in [-0.15, -0.1) is 0 Å². The molecule has 0 unspecified atom stereocenters. The first-order valence-corrected chi connectivity index (χ1v) is 8.15. The number of nitrogens with zero attached hydrogens (tertiary/aromatic N) is 1. The fourth-order valence-corrected chi connectivity index (χ4v) is 2.59. The van der Waals surface area contributed by atoms with Gasteiger partial charge >= 0.3 is 0 Å². The number of halogens is 2. The molecular weight excluding hydrogens is 370 g/mol. The highest BCUT2D eigenvalue weighted by Crippen LogP contribution is 2.24. The second-order valence-electron chi connectivity index (χ2n) is 3.77. The van der Waals surface area contributed by atoms with Crippen LogP contribution in [0.1, 0.15) is 5.76 Å². The molecule has 0 aliphatic heterocycles. The number of pyridine rings is 1. The van der Waals surface area contributed by atoms with Crippen molar-refractivity contribution >= 4 is 43.2 Å². The molecule has 0 amide bonds. The quantitative estimate of drug-likeness (QED) is 0.779. The zero-order chi connectivity index (χ0) is 14.8. The number of nitrogens with one attached hydrogen (secondary N) is 2. The highest BCUT2D eigenvalue weighted by Gasteiger charge is 2.16. The van der Waals surface area contributed by atoms with Crippen molar-refractivity contribution in [3.8, 4) is 0 Å². The monoisotopic (exact) mass is 379 g/mol. The molecule has 2 aromatic rings. The van der Waals surface area contributed by atoms with E-state index < -0.39 is 10.0 Å². The van der Waals surface area contributed by atoms with Gasteiger partial charge in [-0.2, -0.15) is 0 Å². The van der Waals surface area contributed by atoms with E-state index in [2.05, 4.69) is 31.0 Å². The molecule has 108 valence electrons. The molecule has 0 bridgehead atoms. The van der Waals surface area contributed by atoms with Gasteiger partial charge in [-0.05, 0) is 41.2 Å². The van der Waals surface area contributed by atoms with Gasteiger partial charge < -0.3 is 9.73 Å². The van der Waals surface area contributed by atoms with E-state index in [0.29, 0.717) is 16.6 Å². The van der Waals surface area contributed by atoms with E-state index in [1.165, 1.54) is 13.1 Å². The van der Waals surface area contributed by atoms with Crippen LogP contribution in [-0.4, -0.2) is 20.4 Å². The summed E-state index contributed by atoms with van der Waals surface area (Å²) in [5.41, 5.74) is 0.621. The zero-order valence-electron chi connectivity index (χ0n) is 10.4. The Bertz CT molecular complexity index is 717. The third-order valence-corrected chi connectivity index (χ3v) is 4.45. The van der Waals surface area contributed by atoms with E-state index in [0.717, 1.165) is 4.47 Å². The summed E-state index contributed by atoms with van der Waals surface area (Å²) >= 11 is 9.22. The summed E-state index contributed by atoms with van der Waals surface area (Å²) < 4.78 is 31.3. The van der Waals surface area contributed by atoms with Gasteiger partial charge in [0.2, 0.25) is 5.09 Å². The van der Waals surface area contributed by atoms with E-state index in [-0.39, 0.29) is 11.6 Å². The second-order valence-corrected chi connectivity index (χ2v) is 6.86. The highest BCUT2D eigenvalue weighted by atomic mass is 79.9. The first-order valence-electron chi connectivity index (χ1n) is 5.49. The minimum absolute atomic E-state index is 0.129. The lowest BCUT2D eigenvalue weighted by molar-refractivity contribution is 0.417. The number of sulfonamides is 1. The van der Waals surface area contributed by atoms with Gasteiger partial charge in [0.25, 0.3) is 10.0 Å². The predicted octanol–water partition coefficient (Wildman–Crippen LogP) is 2.61. The minimum atomic E-state index is -3.57. The van der Waals surface area contributed by atoms with Crippen molar-refractivity contribution < 1.29 is 12.8 Å². The average molecular weight is 381 g/mol. The average Bonchev–Trinajstić information content (AvgIpc) is 2.89. The molecule has 2 N–H and O–H groups in total. The number of aromatic nitrogens is 1. The third kappa shape index (κ3) is 3.51. The summed E-state index contributed by atoms with van der Waals surface area (Å²) in [5.74, 6) is 0.467. The molecule has 0 spiro atoms. The van der Waals surface area contributed by atoms with E-state index >= 15 is 0 Å². The molecule has 0 aromatic carbocycles. The molecule has 0 radical (unpaired) electrons.